The third-order valence-corrected chi connectivity index (χ3v) is 6.23. The van der Waals surface area contributed by atoms with E-state index in [2.05, 4.69) is 5.32 Å². The van der Waals surface area contributed by atoms with E-state index in [1.807, 2.05) is 25.1 Å². The molecular formula is C18H22N2O5S. The first-order valence-electron chi connectivity index (χ1n) is 8.51. The lowest BCUT2D eigenvalue weighted by molar-refractivity contribution is -0.161. The van der Waals surface area contributed by atoms with Crippen molar-refractivity contribution in [1.82, 2.24) is 10.2 Å². The number of para-hydroxylation sites is 1. The molecule has 1 unspecified atom stereocenters. The van der Waals surface area contributed by atoms with Gasteiger partial charge in [0.15, 0.2) is 6.10 Å². The quantitative estimate of drug-likeness (QED) is 0.728. The van der Waals surface area contributed by atoms with Crippen LogP contribution in [0.5, 0.6) is 5.75 Å². The van der Waals surface area contributed by atoms with Gasteiger partial charge < -0.3 is 20.1 Å². The fraction of sp³-hybridized carbons (Fsp3) is 0.500. The second-order valence-corrected chi connectivity index (χ2v) is 8.68. The molecule has 0 aromatic heterocycles. The van der Waals surface area contributed by atoms with Crippen molar-refractivity contribution in [3.05, 3.63) is 30.3 Å². The number of aliphatic carboxylic acids is 1. The molecule has 1 aromatic carbocycles. The maximum absolute atomic E-state index is 12.6. The summed E-state index contributed by atoms with van der Waals surface area (Å²) in [5.41, 5.74) is 0. The largest absolute Gasteiger partial charge is 0.481 e. The van der Waals surface area contributed by atoms with E-state index in [-0.39, 0.29) is 17.2 Å². The van der Waals surface area contributed by atoms with Gasteiger partial charge in [-0.1, -0.05) is 25.1 Å². The molecule has 1 aromatic rings. The topological polar surface area (TPSA) is 95.9 Å². The van der Waals surface area contributed by atoms with Crippen LogP contribution in [0.15, 0.2) is 30.3 Å². The third-order valence-electron chi connectivity index (χ3n) is 4.66. The van der Waals surface area contributed by atoms with Crippen molar-refractivity contribution < 1.29 is 24.2 Å². The van der Waals surface area contributed by atoms with Crippen LogP contribution in [0, 0.1) is 0 Å². The Morgan fingerprint density at radius 3 is 2.58 bits per heavy atom. The molecule has 2 N–H and O–H groups in total. The van der Waals surface area contributed by atoms with Crippen LogP contribution in [-0.2, 0) is 14.4 Å². The molecule has 0 radical (unpaired) electrons. The maximum Gasteiger partial charge on any atom is 0.327 e. The van der Waals surface area contributed by atoms with Crippen molar-refractivity contribution in [3.8, 4) is 5.75 Å². The summed E-state index contributed by atoms with van der Waals surface area (Å²) >= 11 is 1.40. The smallest absolute Gasteiger partial charge is 0.327 e. The monoisotopic (exact) mass is 378 g/mol. The highest BCUT2D eigenvalue weighted by Crippen LogP contribution is 2.50. The van der Waals surface area contributed by atoms with Crippen LogP contribution >= 0.6 is 11.8 Å². The van der Waals surface area contributed by atoms with Gasteiger partial charge in [0, 0.05) is 4.75 Å². The van der Waals surface area contributed by atoms with E-state index in [1.165, 1.54) is 16.7 Å². The highest BCUT2D eigenvalue weighted by atomic mass is 32.2. The minimum atomic E-state index is -1.03. The molecule has 26 heavy (non-hydrogen) atoms. The second-order valence-electron chi connectivity index (χ2n) is 6.91. The number of ether oxygens (including phenoxy) is 1. The number of nitrogens with one attached hydrogen (secondary N) is 1. The lowest BCUT2D eigenvalue weighted by Gasteiger charge is -2.43. The van der Waals surface area contributed by atoms with Gasteiger partial charge in [0.25, 0.3) is 5.91 Å². The summed E-state index contributed by atoms with van der Waals surface area (Å²) in [7, 11) is 0. The highest BCUT2D eigenvalue weighted by Gasteiger charge is 2.64. The summed E-state index contributed by atoms with van der Waals surface area (Å²) in [5.74, 6) is -1.17. The fourth-order valence-electron chi connectivity index (χ4n) is 3.38. The Labute approximate surface area is 156 Å². The third kappa shape index (κ3) is 3.13. The fourth-order valence-corrected chi connectivity index (χ4v) is 5.00. The Morgan fingerprint density at radius 1 is 1.35 bits per heavy atom. The number of thioether (sulfide) groups is 1. The molecule has 2 amide bonds. The Morgan fingerprint density at radius 2 is 2.00 bits per heavy atom. The number of carbonyl (C=O) groups is 3. The van der Waals surface area contributed by atoms with Crippen molar-refractivity contribution in [2.75, 3.05) is 0 Å². The van der Waals surface area contributed by atoms with Crippen molar-refractivity contribution in [3.63, 3.8) is 0 Å². The van der Waals surface area contributed by atoms with Crippen molar-refractivity contribution in [1.29, 1.82) is 0 Å². The molecule has 2 heterocycles. The summed E-state index contributed by atoms with van der Waals surface area (Å²) in [4.78, 5) is 37.9. The van der Waals surface area contributed by atoms with Crippen LogP contribution in [-0.4, -0.2) is 56.1 Å². The first-order valence-corrected chi connectivity index (χ1v) is 9.39. The van der Waals surface area contributed by atoms with Crippen LogP contribution < -0.4 is 10.1 Å². The molecule has 2 saturated heterocycles. The molecule has 0 aliphatic carbocycles. The number of β-lactam (4-membered cyclic amide) rings is 1. The van der Waals surface area contributed by atoms with Gasteiger partial charge in [-0.3, -0.25) is 9.59 Å². The molecule has 0 bridgehead atoms. The van der Waals surface area contributed by atoms with Crippen molar-refractivity contribution in [2.45, 2.75) is 55.5 Å². The SMILES string of the molecule is CCC(Oc1ccccc1)C(=O)N[C@@H]1C(=O)N2[C@@H]1SC(C)(C)[C@@H]2C(=O)O. The van der Waals surface area contributed by atoms with Gasteiger partial charge in [-0.15, -0.1) is 11.8 Å². The van der Waals surface area contributed by atoms with Crippen LogP contribution in [0.4, 0.5) is 0 Å². The Balaban J connectivity index is 1.67. The van der Waals surface area contributed by atoms with Crippen LogP contribution in [0.3, 0.4) is 0 Å². The lowest BCUT2D eigenvalue weighted by atomic mass is 9.96. The van der Waals surface area contributed by atoms with Gasteiger partial charge in [0.1, 0.15) is 23.2 Å². The maximum atomic E-state index is 12.6. The number of fused-ring (bicyclic) bond motifs is 1. The van der Waals surface area contributed by atoms with E-state index >= 15 is 0 Å². The Bertz CT molecular complexity index is 724. The number of hydrogen-bond donors (Lipinski definition) is 2. The van der Waals surface area contributed by atoms with Gasteiger partial charge in [-0.05, 0) is 32.4 Å². The zero-order valence-corrected chi connectivity index (χ0v) is 15.7. The number of hydrogen-bond acceptors (Lipinski definition) is 5. The number of rotatable bonds is 6. The van der Waals surface area contributed by atoms with Crippen molar-refractivity contribution >= 4 is 29.5 Å². The predicted octanol–water partition coefficient (Wildman–Crippen LogP) is 1.48. The lowest BCUT2D eigenvalue weighted by Crippen LogP contribution is -2.71. The highest BCUT2D eigenvalue weighted by molar-refractivity contribution is 8.01. The molecule has 2 aliphatic heterocycles. The van der Waals surface area contributed by atoms with Crippen LogP contribution in [0.1, 0.15) is 27.2 Å². The normalized spacial score (nSPS) is 27.3. The van der Waals surface area contributed by atoms with Gasteiger partial charge in [0.2, 0.25) is 5.91 Å². The summed E-state index contributed by atoms with van der Waals surface area (Å²) in [6.45, 7) is 5.43. The first kappa shape index (κ1) is 18.6. The number of carbonyl (C=O) groups excluding carboxylic acids is 2. The van der Waals surface area contributed by atoms with E-state index in [1.54, 1.807) is 26.0 Å². The molecule has 2 aliphatic rings. The molecule has 4 atom stereocenters. The molecule has 2 fully saturated rings. The number of benzene rings is 1. The standard InChI is InChI=1S/C18H22N2O5S/c1-4-11(25-10-8-6-5-7-9-10)14(21)19-12-15(22)20-13(17(23)24)18(2,3)26-16(12)20/h5-9,11-13,16H,4H2,1-3H3,(H,19,21)(H,23,24)/t11?,12-,13+,16-/m1/s1. The molecule has 140 valence electrons. The Kier molecular flexibility index (Phi) is 4.88. The summed E-state index contributed by atoms with van der Waals surface area (Å²) in [6, 6.07) is 7.41. The minimum Gasteiger partial charge on any atom is -0.481 e. The van der Waals surface area contributed by atoms with E-state index in [9.17, 15) is 19.5 Å². The van der Waals surface area contributed by atoms with Gasteiger partial charge in [-0.25, -0.2) is 4.79 Å². The number of carboxylic acid groups (broad SMARTS) is 1. The van der Waals surface area contributed by atoms with Crippen LogP contribution in [0.25, 0.3) is 0 Å². The molecule has 7 nitrogen and oxygen atoms in total. The predicted molar refractivity (Wildman–Crippen MR) is 96.8 cm³/mol. The molecule has 0 spiro atoms. The van der Waals surface area contributed by atoms with E-state index in [4.69, 9.17) is 4.74 Å². The van der Waals surface area contributed by atoms with Gasteiger partial charge in [-0.2, -0.15) is 0 Å². The average molecular weight is 378 g/mol. The summed E-state index contributed by atoms with van der Waals surface area (Å²) in [6.07, 6.45) is -0.263. The average Bonchev–Trinajstić information content (AvgIpc) is 2.86. The minimum absolute atomic E-state index is 0.358. The molecule has 0 saturated carbocycles. The summed E-state index contributed by atoms with van der Waals surface area (Å²) < 4.78 is 5.09. The Hall–Kier alpha value is -2.22. The number of amides is 2. The van der Waals surface area contributed by atoms with Crippen molar-refractivity contribution in [2.24, 2.45) is 0 Å². The molecular weight excluding hydrogens is 356 g/mol. The number of carboxylic acids is 1. The zero-order valence-electron chi connectivity index (χ0n) is 14.8. The molecule has 8 heteroatoms. The van der Waals surface area contributed by atoms with E-state index < -0.39 is 28.9 Å². The zero-order chi connectivity index (χ0) is 19.1. The van der Waals surface area contributed by atoms with E-state index in [0.29, 0.717) is 12.2 Å². The van der Waals surface area contributed by atoms with Crippen LogP contribution in [0.2, 0.25) is 0 Å². The number of nitrogens with zero attached hydrogens (tertiary/aromatic N) is 1. The molecule has 3 rings (SSSR count). The van der Waals surface area contributed by atoms with Gasteiger partial charge >= 0.3 is 5.97 Å². The second kappa shape index (κ2) is 6.83. The van der Waals surface area contributed by atoms with Gasteiger partial charge in [0.05, 0.1) is 0 Å². The van der Waals surface area contributed by atoms with E-state index in [0.717, 1.165) is 0 Å². The first-order chi connectivity index (χ1) is 12.3. The summed E-state index contributed by atoms with van der Waals surface area (Å²) in [5, 5.41) is 11.8.